The number of nitrogens with zero attached hydrogens (tertiary/aromatic N) is 1. The maximum atomic E-state index is 15.1. The van der Waals surface area contributed by atoms with Gasteiger partial charge in [0, 0.05) is 37.4 Å². The molecular weight excluding hydrogens is 604 g/mol. The third-order valence-corrected chi connectivity index (χ3v) is 7.82. The minimum Gasteiger partial charge on any atom is -0.489 e. The van der Waals surface area contributed by atoms with Crippen molar-refractivity contribution in [2.24, 2.45) is 5.92 Å². The molecule has 0 amide bonds. The number of likely N-dealkylation sites (tertiary alicyclic amines) is 1. The number of carbonyl (C=O) groups is 1. The van der Waals surface area contributed by atoms with Gasteiger partial charge in [-0.15, -0.1) is 0 Å². The summed E-state index contributed by atoms with van der Waals surface area (Å²) in [6.07, 6.45) is -2.54. The van der Waals surface area contributed by atoms with Crippen molar-refractivity contribution in [3.05, 3.63) is 58.4 Å². The van der Waals surface area contributed by atoms with E-state index in [1.165, 1.54) is 12.1 Å². The Balaban J connectivity index is 1.42. The first kappa shape index (κ1) is 32.6. The molecular formula is C29H31F6NO6S. The van der Waals surface area contributed by atoms with Gasteiger partial charge in [0.05, 0.1) is 11.1 Å². The molecule has 2 aliphatic rings. The molecule has 1 fully saturated rings. The predicted molar refractivity (Wildman–Crippen MR) is 146 cm³/mol. The second kappa shape index (κ2) is 13.6. The lowest BCUT2D eigenvalue weighted by Gasteiger charge is -2.33. The quantitative estimate of drug-likeness (QED) is 0.296. The number of alkyl halides is 5. The Hall–Kier alpha value is -3.26. The SMILES string of the molecule is CS(=O)(=O)CC(=O)[C@@H]1CCCN(CC2=Cc3c(F)cc(OCc4ccc(OC(CF)CF)c(C(F)(F)F)c4)cc3OC2)C1. The molecule has 1 saturated heterocycles. The largest absolute Gasteiger partial charge is 0.489 e. The number of Topliss-reactive ketones (excluding diaryl/α,β-unsaturated/α-hetero) is 1. The first-order valence-electron chi connectivity index (χ1n) is 13.5. The molecule has 14 heteroatoms. The summed E-state index contributed by atoms with van der Waals surface area (Å²) < 4.78 is 120. The minimum absolute atomic E-state index is 0.0140. The van der Waals surface area contributed by atoms with Gasteiger partial charge in [0.1, 0.15) is 55.4 Å². The van der Waals surface area contributed by atoms with Crippen LogP contribution in [0.5, 0.6) is 17.2 Å². The zero-order valence-electron chi connectivity index (χ0n) is 23.3. The lowest BCUT2D eigenvalue weighted by molar-refractivity contribution is -0.139. The summed E-state index contributed by atoms with van der Waals surface area (Å²) in [4.78, 5) is 14.4. The standard InChI is InChI=1S/C29H31F6NO6S/c1-43(38,39)17-26(37)20-3-2-6-36(14-20)13-19-7-23-25(32)9-21(10-28(23)41-16-19)40-15-18-4-5-27(42-22(11-30)12-31)24(8-18)29(33,34)35/h4-5,7-10,20,22H,2-3,6,11-17H2,1H3/t20-/m1/s1. The molecule has 4 rings (SSSR count). The number of halogens is 6. The highest BCUT2D eigenvalue weighted by Gasteiger charge is 2.35. The topological polar surface area (TPSA) is 82.1 Å². The summed E-state index contributed by atoms with van der Waals surface area (Å²) in [5, 5.41) is 0. The van der Waals surface area contributed by atoms with Gasteiger partial charge in [0.2, 0.25) is 0 Å². The van der Waals surface area contributed by atoms with E-state index >= 15 is 4.39 Å². The Kier molecular flexibility index (Phi) is 10.3. The van der Waals surface area contributed by atoms with Gasteiger partial charge in [-0.1, -0.05) is 6.07 Å². The maximum absolute atomic E-state index is 15.1. The number of sulfone groups is 1. The molecule has 0 saturated carbocycles. The van der Waals surface area contributed by atoms with E-state index < -0.39 is 64.3 Å². The molecule has 2 aromatic carbocycles. The molecule has 1 atom stereocenters. The minimum atomic E-state index is -4.86. The van der Waals surface area contributed by atoms with Gasteiger partial charge in [0.15, 0.2) is 21.7 Å². The average Bonchev–Trinajstić information content (AvgIpc) is 2.94. The summed E-state index contributed by atoms with van der Waals surface area (Å²) in [5.74, 6) is -2.39. The Morgan fingerprint density at radius 2 is 1.91 bits per heavy atom. The summed E-state index contributed by atoms with van der Waals surface area (Å²) in [5.41, 5.74) is -0.238. The molecule has 2 heterocycles. The van der Waals surface area contributed by atoms with Crippen molar-refractivity contribution in [2.75, 3.05) is 51.6 Å². The number of fused-ring (bicyclic) bond motifs is 1. The van der Waals surface area contributed by atoms with Crippen LogP contribution >= 0.6 is 0 Å². The van der Waals surface area contributed by atoms with Crippen molar-refractivity contribution in [1.82, 2.24) is 4.90 Å². The van der Waals surface area contributed by atoms with E-state index in [2.05, 4.69) is 0 Å². The number of rotatable bonds is 12. The van der Waals surface area contributed by atoms with Crippen molar-refractivity contribution in [1.29, 1.82) is 0 Å². The molecule has 0 aliphatic carbocycles. The zero-order chi connectivity index (χ0) is 31.4. The number of hydrogen-bond donors (Lipinski definition) is 0. The molecule has 0 aromatic heterocycles. The molecule has 0 spiro atoms. The fourth-order valence-corrected chi connectivity index (χ4v) is 5.74. The van der Waals surface area contributed by atoms with E-state index in [1.54, 1.807) is 6.08 Å². The van der Waals surface area contributed by atoms with Crippen LogP contribution in [0.15, 0.2) is 35.9 Å². The van der Waals surface area contributed by atoms with Gasteiger partial charge >= 0.3 is 6.18 Å². The van der Waals surface area contributed by atoms with Gasteiger partial charge in [0.25, 0.3) is 0 Å². The average molecular weight is 636 g/mol. The first-order valence-corrected chi connectivity index (χ1v) is 15.5. The van der Waals surface area contributed by atoms with Crippen LogP contribution in [0.3, 0.4) is 0 Å². The number of benzene rings is 2. The van der Waals surface area contributed by atoms with Crippen LogP contribution in [0.1, 0.15) is 29.5 Å². The van der Waals surface area contributed by atoms with Crippen molar-refractivity contribution < 1.29 is 53.8 Å². The number of piperidine rings is 1. The number of ether oxygens (including phenoxy) is 3. The number of ketones is 1. The Morgan fingerprint density at radius 1 is 1.16 bits per heavy atom. The van der Waals surface area contributed by atoms with Crippen molar-refractivity contribution in [3.8, 4) is 17.2 Å². The van der Waals surface area contributed by atoms with E-state index in [4.69, 9.17) is 14.2 Å². The summed E-state index contributed by atoms with van der Waals surface area (Å²) in [7, 11) is -3.42. The van der Waals surface area contributed by atoms with Crippen LogP contribution in [0.2, 0.25) is 0 Å². The van der Waals surface area contributed by atoms with Crippen molar-refractivity contribution >= 4 is 21.7 Å². The molecule has 0 N–H and O–H groups in total. The lowest BCUT2D eigenvalue weighted by atomic mass is 9.94. The highest BCUT2D eigenvalue weighted by molar-refractivity contribution is 7.91. The fraction of sp³-hybridized carbons (Fsp3) is 0.483. The molecule has 0 unspecified atom stereocenters. The Labute approximate surface area is 245 Å². The van der Waals surface area contributed by atoms with E-state index in [0.29, 0.717) is 26.1 Å². The fourth-order valence-electron chi connectivity index (χ4n) is 4.99. The van der Waals surface area contributed by atoms with Gasteiger partial charge in [-0.2, -0.15) is 13.2 Å². The molecule has 236 valence electrons. The maximum Gasteiger partial charge on any atom is 0.419 e. The van der Waals surface area contributed by atoms with Crippen LogP contribution in [0, 0.1) is 11.7 Å². The normalized spacial score (nSPS) is 17.7. The summed E-state index contributed by atoms with van der Waals surface area (Å²) >= 11 is 0. The van der Waals surface area contributed by atoms with E-state index in [-0.39, 0.29) is 41.6 Å². The van der Waals surface area contributed by atoms with Crippen LogP contribution in [0.4, 0.5) is 26.3 Å². The van der Waals surface area contributed by atoms with E-state index in [0.717, 1.165) is 36.4 Å². The third-order valence-electron chi connectivity index (χ3n) is 7.01. The number of hydrogen-bond acceptors (Lipinski definition) is 7. The van der Waals surface area contributed by atoms with E-state index in [1.807, 2.05) is 4.90 Å². The zero-order valence-corrected chi connectivity index (χ0v) is 24.1. The molecule has 43 heavy (non-hydrogen) atoms. The second-order valence-electron chi connectivity index (χ2n) is 10.7. The van der Waals surface area contributed by atoms with Gasteiger partial charge in [-0.25, -0.2) is 21.6 Å². The van der Waals surface area contributed by atoms with Crippen LogP contribution in [-0.4, -0.2) is 76.8 Å². The van der Waals surface area contributed by atoms with Gasteiger partial charge < -0.3 is 14.2 Å². The van der Waals surface area contributed by atoms with Crippen LogP contribution < -0.4 is 14.2 Å². The molecule has 2 aliphatic heterocycles. The third kappa shape index (κ3) is 8.88. The molecule has 2 aromatic rings. The molecule has 0 radical (unpaired) electrons. The van der Waals surface area contributed by atoms with Crippen molar-refractivity contribution in [2.45, 2.75) is 31.7 Å². The van der Waals surface area contributed by atoms with Gasteiger partial charge in [-0.05, 0) is 48.7 Å². The Bertz CT molecular complexity index is 1460. The van der Waals surface area contributed by atoms with Crippen LogP contribution in [-0.2, 0) is 27.4 Å². The smallest absolute Gasteiger partial charge is 0.419 e. The molecule has 0 bridgehead atoms. The van der Waals surface area contributed by atoms with Crippen LogP contribution in [0.25, 0.3) is 6.08 Å². The summed E-state index contributed by atoms with van der Waals surface area (Å²) in [6, 6.07) is 5.44. The summed E-state index contributed by atoms with van der Waals surface area (Å²) in [6.45, 7) is -1.35. The molecule has 7 nitrogen and oxygen atoms in total. The van der Waals surface area contributed by atoms with Gasteiger partial charge in [-0.3, -0.25) is 9.69 Å². The highest BCUT2D eigenvalue weighted by Crippen LogP contribution is 2.38. The monoisotopic (exact) mass is 635 g/mol. The van der Waals surface area contributed by atoms with Crippen molar-refractivity contribution in [3.63, 3.8) is 0 Å². The Morgan fingerprint density at radius 3 is 2.58 bits per heavy atom. The first-order chi connectivity index (χ1) is 20.3. The lowest BCUT2D eigenvalue weighted by Crippen LogP contribution is -2.41. The predicted octanol–water partition coefficient (Wildman–Crippen LogP) is 5.21. The van der Waals surface area contributed by atoms with E-state index in [9.17, 15) is 35.2 Å². The second-order valence-corrected chi connectivity index (χ2v) is 12.8. The number of carbonyl (C=O) groups excluding carboxylic acids is 1. The highest BCUT2D eigenvalue weighted by atomic mass is 32.2.